The first kappa shape index (κ1) is 22.7. The van der Waals surface area contributed by atoms with Gasteiger partial charge >= 0.3 is 0 Å². The number of benzene rings is 2. The van der Waals surface area contributed by atoms with Gasteiger partial charge in [0.25, 0.3) is 11.6 Å². The van der Waals surface area contributed by atoms with Crippen molar-refractivity contribution in [2.75, 3.05) is 7.11 Å². The molecule has 33 heavy (non-hydrogen) atoms. The van der Waals surface area contributed by atoms with Crippen LogP contribution in [0, 0.1) is 10.1 Å². The van der Waals surface area contributed by atoms with E-state index in [4.69, 9.17) is 21.7 Å². The Morgan fingerprint density at radius 1 is 1.15 bits per heavy atom. The molecule has 0 radical (unpaired) electrons. The van der Waals surface area contributed by atoms with Gasteiger partial charge in [0, 0.05) is 18.2 Å². The Bertz CT molecular complexity index is 1090. The van der Waals surface area contributed by atoms with Crippen molar-refractivity contribution >= 4 is 35.0 Å². The molecule has 1 saturated heterocycles. The van der Waals surface area contributed by atoms with Gasteiger partial charge < -0.3 is 14.8 Å². The molecule has 2 fully saturated rings. The number of nitro benzene ring substituents is 1. The van der Waals surface area contributed by atoms with E-state index in [0.717, 1.165) is 36.8 Å². The first-order valence-corrected chi connectivity index (χ1v) is 11.3. The Balaban J connectivity index is 1.46. The van der Waals surface area contributed by atoms with Crippen LogP contribution in [0.1, 0.15) is 43.2 Å². The number of hydrogen-bond acceptors (Lipinski definition) is 6. The second-order valence-corrected chi connectivity index (χ2v) is 8.46. The normalized spacial score (nSPS) is 17.8. The van der Waals surface area contributed by atoms with Crippen molar-refractivity contribution in [3.63, 3.8) is 0 Å². The Hall–Kier alpha value is -3.46. The van der Waals surface area contributed by atoms with Crippen LogP contribution in [0.4, 0.5) is 5.69 Å². The molecule has 0 atom stereocenters. The van der Waals surface area contributed by atoms with Gasteiger partial charge in [-0.15, -0.1) is 0 Å². The van der Waals surface area contributed by atoms with Gasteiger partial charge in [0.1, 0.15) is 12.3 Å². The van der Waals surface area contributed by atoms with Crippen LogP contribution in [0.2, 0.25) is 0 Å². The molecule has 4 rings (SSSR count). The van der Waals surface area contributed by atoms with Crippen molar-refractivity contribution in [3.05, 3.63) is 69.4 Å². The molecule has 1 heterocycles. The number of ether oxygens (including phenoxy) is 2. The fraction of sp³-hybridized carbons (Fsp3) is 0.333. The van der Waals surface area contributed by atoms with E-state index in [9.17, 15) is 14.9 Å². The number of carbonyl (C=O) groups is 1. The third-order valence-corrected chi connectivity index (χ3v) is 6.19. The second-order valence-electron chi connectivity index (χ2n) is 8.08. The summed E-state index contributed by atoms with van der Waals surface area (Å²) in [6.07, 6.45) is 7.17. The maximum Gasteiger partial charge on any atom is 0.276 e. The summed E-state index contributed by atoms with van der Waals surface area (Å²) in [6, 6.07) is 11.8. The number of methoxy groups -OCH3 is 1. The van der Waals surface area contributed by atoms with Crippen LogP contribution in [-0.2, 0) is 11.4 Å². The molecular weight excluding hydrogens is 442 g/mol. The predicted molar refractivity (Wildman–Crippen MR) is 128 cm³/mol. The Morgan fingerprint density at radius 3 is 2.55 bits per heavy atom. The third kappa shape index (κ3) is 5.14. The minimum absolute atomic E-state index is 0.0327. The van der Waals surface area contributed by atoms with Gasteiger partial charge in [-0.3, -0.25) is 19.8 Å². The van der Waals surface area contributed by atoms with Gasteiger partial charge in [-0.05, 0) is 66.5 Å². The van der Waals surface area contributed by atoms with Crippen molar-refractivity contribution in [1.29, 1.82) is 0 Å². The summed E-state index contributed by atoms with van der Waals surface area (Å²) >= 11 is 5.44. The number of carbonyl (C=O) groups excluding carboxylic acids is 1. The molecule has 8 nitrogen and oxygen atoms in total. The van der Waals surface area contributed by atoms with Crippen molar-refractivity contribution in [2.45, 2.75) is 44.8 Å². The first-order valence-electron chi connectivity index (χ1n) is 10.9. The molecule has 2 aliphatic rings. The van der Waals surface area contributed by atoms with Gasteiger partial charge in [0.15, 0.2) is 16.6 Å². The number of nitro groups is 1. The summed E-state index contributed by atoms with van der Waals surface area (Å²) in [5.74, 6) is 0.954. The van der Waals surface area contributed by atoms with Crippen molar-refractivity contribution in [2.24, 2.45) is 0 Å². The zero-order valence-corrected chi connectivity index (χ0v) is 19.1. The van der Waals surface area contributed by atoms with Crippen LogP contribution >= 0.6 is 12.2 Å². The minimum atomic E-state index is -0.439. The molecule has 1 aliphatic heterocycles. The number of rotatable bonds is 7. The van der Waals surface area contributed by atoms with E-state index in [0.29, 0.717) is 22.3 Å². The number of nitrogens with zero attached hydrogens (tertiary/aromatic N) is 2. The van der Waals surface area contributed by atoms with Gasteiger partial charge in [-0.25, -0.2) is 0 Å². The van der Waals surface area contributed by atoms with Crippen LogP contribution in [0.15, 0.2) is 48.2 Å². The molecule has 1 aliphatic carbocycles. The minimum Gasteiger partial charge on any atom is -0.493 e. The average molecular weight is 468 g/mol. The van der Waals surface area contributed by atoms with Crippen LogP contribution in [0.3, 0.4) is 0 Å². The Labute approximate surface area is 197 Å². The van der Waals surface area contributed by atoms with Crippen LogP contribution < -0.4 is 14.8 Å². The highest BCUT2D eigenvalue weighted by Crippen LogP contribution is 2.31. The van der Waals surface area contributed by atoms with Gasteiger partial charge in [-0.1, -0.05) is 25.3 Å². The maximum atomic E-state index is 13.0. The SMILES string of the molecule is COc1cc(/C=C2/NC(=S)N(C3CCCCC3)C2=O)ccc1OCc1ccc([N+](=O)[O-])cc1. The van der Waals surface area contributed by atoms with E-state index in [1.54, 1.807) is 42.4 Å². The lowest BCUT2D eigenvalue weighted by Crippen LogP contribution is -2.41. The summed E-state index contributed by atoms with van der Waals surface area (Å²) in [4.78, 5) is 25.0. The molecule has 1 amide bonds. The molecule has 0 unspecified atom stereocenters. The zero-order chi connectivity index (χ0) is 23.4. The molecule has 0 spiro atoms. The molecule has 1 saturated carbocycles. The standard InChI is InChI=1S/C24H25N3O5S/c1-31-22-14-17(9-12-21(22)32-15-16-7-10-19(11-8-16)27(29)30)13-20-23(28)26(24(33)25-20)18-5-3-2-4-6-18/h7-14,18H,2-6,15H2,1H3,(H,25,33)/b20-13+. The number of hydrogen-bond donors (Lipinski definition) is 1. The fourth-order valence-electron chi connectivity index (χ4n) is 4.15. The monoisotopic (exact) mass is 467 g/mol. The summed E-state index contributed by atoms with van der Waals surface area (Å²) in [5.41, 5.74) is 2.06. The van der Waals surface area contributed by atoms with Crippen molar-refractivity contribution < 1.29 is 19.2 Å². The fourth-order valence-corrected chi connectivity index (χ4v) is 4.50. The Morgan fingerprint density at radius 2 is 1.88 bits per heavy atom. The zero-order valence-electron chi connectivity index (χ0n) is 18.3. The van der Waals surface area contributed by atoms with E-state index < -0.39 is 4.92 Å². The van der Waals surface area contributed by atoms with Crippen molar-refractivity contribution in [1.82, 2.24) is 10.2 Å². The van der Waals surface area contributed by atoms with E-state index in [1.807, 2.05) is 6.07 Å². The van der Waals surface area contributed by atoms with Crippen LogP contribution in [-0.4, -0.2) is 34.0 Å². The summed E-state index contributed by atoms with van der Waals surface area (Å²) < 4.78 is 11.3. The third-order valence-electron chi connectivity index (χ3n) is 5.89. The number of amides is 1. The van der Waals surface area contributed by atoms with Crippen LogP contribution in [0.5, 0.6) is 11.5 Å². The lowest BCUT2D eigenvalue weighted by atomic mass is 9.94. The molecule has 9 heteroatoms. The number of non-ortho nitro benzene ring substituents is 1. The second kappa shape index (κ2) is 9.99. The smallest absolute Gasteiger partial charge is 0.276 e. The molecule has 172 valence electrons. The van der Waals surface area contributed by atoms with E-state index in [2.05, 4.69) is 5.32 Å². The number of nitrogens with one attached hydrogen (secondary N) is 1. The van der Waals surface area contributed by atoms with Gasteiger partial charge in [-0.2, -0.15) is 0 Å². The topological polar surface area (TPSA) is 93.9 Å². The van der Waals surface area contributed by atoms with Crippen molar-refractivity contribution in [3.8, 4) is 11.5 Å². The first-order chi connectivity index (χ1) is 16.0. The summed E-state index contributed by atoms with van der Waals surface area (Å²) in [5, 5.41) is 14.3. The quantitative estimate of drug-likeness (QED) is 0.276. The van der Waals surface area contributed by atoms with Gasteiger partial charge in [0.2, 0.25) is 0 Å². The highest BCUT2D eigenvalue weighted by Gasteiger charge is 2.36. The van der Waals surface area contributed by atoms with E-state index in [1.165, 1.54) is 18.6 Å². The predicted octanol–water partition coefficient (Wildman–Crippen LogP) is 4.57. The summed E-state index contributed by atoms with van der Waals surface area (Å²) in [7, 11) is 1.55. The molecule has 1 N–H and O–H groups in total. The Kier molecular flexibility index (Phi) is 6.88. The average Bonchev–Trinajstić information content (AvgIpc) is 3.11. The lowest BCUT2D eigenvalue weighted by Gasteiger charge is -2.29. The van der Waals surface area contributed by atoms with E-state index in [-0.39, 0.29) is 24.2 Å². The molecule has 0 bridgehead atoms. The van der Waals surface area contributed by atoms with Crippen LogP contribution in [0.25, 0.3) is 6.08 Å². The molecular formula is C24H25N3O5S. The summed E-state index contributed by atoms with van der Waals surface area (Å²) in [6.45, 7) is 0.236. The lowest BCUT2D eigenvalue weighted by molar-refractivity contribution is -0.384. The van der Waals surface area contributed by atoms with Gasteiger partial charge in [0.05, 0.1) is 12.0 Å². The van der Waals surface area contributed by atoms with E-state index >= 15 is 0 Å². The molecule has 0 aromatic heterocycles. The highest BCUT2D eigenvalue weighted by molar-refractivity contribution is 7.80. The molecule has 2 aromatic rings. The molecule has 2 aromatic carbocycles. The number of thiocarbonyl (C=S) groups is 1. The largest absolute Gasteiger partial charge is 0.493 e. The highest BCUT2D eigenvalue weighted by atomic mass is 32.1. The maximum absolute atomic E-state index is 13.0.